The second kappa shape index (κ2) is 12.5. The zero-order valence-electron chi connectivity index (χ0n) is 23.5. The van der Waals surface area contributed by atoms with Crippen molar-refractivity contribution >= 4 is 45.7 Å². The molecule has 4 aromatic rings. The number of benzene rings is 2. The summed E-state index contributed by atoms with van der Waals surface area (Å²) in [5.41, 5.74) is 9.26. The zero-order chi connectivity index (χ0) is 28.8. The molecule has 0 saturated heterocycles. The van der Waals surface area contributed by atoms with Gasteiger partial charge in [0, 0.05) is 37.2 Å². The highest BCUT2D eigenvalue weighted by atomic mass is 16.5. The third-order valence-electron chi connectivity index (χ3n) is 6.36. The van der Waals surface area contributed by atoms with Gasteiger partial charge in [0.25, 0.3) is 5.91 Å². The molecular weight excluding hydrogens is 512 g/mol. The standard InChI is InChI=1S/C28H36N8O4/c1-16(2)12-25(37)30-10-6-7-11-31-26-27-35-34-17(3)36(27)22-9-8-18(13-21(22)32-26)28(38)33-20-15-24(40-5)23(39-4)14-19(20)29/h8-9,13-16H,6-7,10-12,29H2,1-5H3,(H,30,37)(H,31,32)(H,33,38). The number of fused-ring (bicyclic) bond motifs is 3. The number of ether oxygens (including phenoxy) is 2. The van der Waals surface area contributed by atoms with E-state index >= 15 is 0 Å². The molecule has 5 N–H and O–H groups in total. The van der Waals surface area contributed by atoms with Gasteiger partial charge in [-0.05, 0) is 43.9 Å². The van der Waals surface area contributed by atoms with Gasteiger partial charge in [-0.15, -0.1) is 10.2 Å². The topological polar surface area (TPSA) is 158 Å². The number of carbonyl (C=O) groups excluding carboxylic acids is 2. The Kier molecular flexibility index (Phi) is 8.87. The van der Waals surface area contributed by atoms with E-state index in [2.05, 4.69) is 26.1 Å². The van der Waals surface area contributed by atoms with E-state index in [-0.39, 0.29) is 11.8 Å². The smallest absolute Gasteiger partial charge is 0.255 e. The van der Waals surface area contributed by atoms with E-state index in [0.717, 1.165) is 18.4 Å². The predicted octanol–water partition coefficient (Wildman–Crippen LogP) is 3.79. The highest BCUT2D eigenvalue weighted by Gasteiger charge is 2.17. The minimum atomic E-state index is -0.350. The van der Waals surface area contributed by atoms with Gasteiger partial charge in [0.15, 0.2) is 17.3 Å². The maximum absolute atomic E-state index is 13.2. The van der Waals surface area contributed by atoms with Gasteiger partial charge in [0.05, 0.1) is 36.6 Å². The van der Waals surface area contributed by atoms with Crippen LogP contribution in [0.5, 0.6) is 11.5 Å². The molecule has 12 heteroatoms. The summed E-state index contributed by atoms with van der Waals surface area (Å²) in [4.78, 5) is 29.8. The second-order valence-electron chi connectivity index (χ2n) is 9.90. The molecule has 0 spiro atoms. The molecule has 0 bridgehead atoms. The normalized spacial score (nSPS) is 11.2. The summed E-state index contributed by atoms with van der Waals surface area (Å²) in [6.07, 6.45) is 2.19. The number of amides is 2. The predicted molar refractivity (Wildman–Crippen MR) is 155 cm³/mol. The number of nitrogens with one attached hydrogen (secondary N) is 3. The van der Waals surface area contributed by atoms with Crippen molar-refractivity contribution < 1.29 is 19.1 Å². The van der Waals surface area contributed by atoms with Crippen molar-refractivity contribution in [2.24, 2.45) is 5.92 Å². The van der Waals surface area contributed by atoms with Gasteiger partial charge in [0.1, 0.15) is 5.82 Å². The van der Waals surface area contributed by atoms with Crippen LogP contribution in [0, 0.1) is 12.8 Å². The van der Waals surface area contributed by atoms with Crippen LogP contribution in [0.25, 0.3) is 16.7 Å². The van der Waals surface area contributed by atoms with Gasteiger partial charge in [-0.1, -0.05) is 13.8 Å². The van der Waals surface area contributed by atoms with Crippen LogP contribution in [-0.2, 0) is 4.79 Å². The van der Waals surface area contributed by atoms with Crippen LogP contribution in [0.4, 0.5) is 17.2 Å². The van der Waals surface area contributed by atoms with Gasteiger partial charge in [-0.25, -0.2) is 4.98 Å². The fourth-order valence-corrected chi connectivity index (χ4v) is 4.36. The van der Waals surface area contributed by atoms with Crippen molar-refractivity contribution in [3.05, 3.63) is 41.7 Å². The van der Waals surface area contributed by atoms with Crippen LogP contribution < -0.4 is 31.2 Å². The fraction of sp³-hybridized carbons (Fsp3) is 0.393. The average Bonchev–Trinajstić information content (AvgIpc) is 3.32. The number of nitrogen functional groups attached to an aromatic ring is 1. The molecule has 2 amide bonds. The van der Waals surface area contributed by atoms with Gasteiger partial charge < -0.3 is 31.2 Å². The summed E-state index contributed by atoms with van der Waals surface area (Å²) in [5, 5.41) is 17.7. The van der Waals surface area contributed by atoms with Crippen molar-refractivity contribution in [1.82, 2.24) is 24.9 Å². The number of hydrogen-bond donors (Lipinski definition) is 4. The van der Waals surface area contributed by atoms with E-state index in [9.17, 15) is 9.59 Å². The monoisotopic (exact) mass is 548 g/mol. The lowest BCUT2D eigenvalue weighted by Crippen LogP contribution is -2.25. The Morgan fingerprint density at radius 2 is 1.75 bits per heavy atom. The van der Waals surface area contributed by atoms with Crippen LogP contribution in [0.3, 0.4) is 0 Å². The van der Waals surface area contributed by atoms with Crippen LogP contribution in [0.2, 0.25) is 0 Å². The van der Waals surface area contributed by atoms with E-state index < -0.39 is 0 Å². The minimum Gasteiger partial charge on any atom is -0.493 e. The molecule has 0 fully saturated rings. The van der Waals surface area contributed by atoms with Gasteiger partial charge >= 0.3 is 0 Å². The number of methoxy groups -OCH3 is 2. The molecule has 0 atom stereocenters. The summed E-state index contributed by atoms with van der Waals surface area (Å²) in [6, 6.07) is 8.47. The third kappa shape index (κ3) is 6.33. The molecule has 40 heavy (non-hydrogen) atoms. The van der Waals surface area contributed by atoms with E-state index in [0.29, 0.717) is 76.7 Å². The van der Waals surface area contributed by atoms with Crippen molar-refractivity contribution in [3.8, 4) is 11.5 Å². The number of aromatic nitrogens is 4. The molecule has 2 aromatic carbocycles. The van der Waals surface area contributed by atoms with E-state index in [1.165, 1.54) is 14.2 Å². The van der Waals surface area contributed by atoms with Crippen molar-refractivity contribution in [3.63, 3.8) is 0 Å². The highest BCUT2D eigenvalue weighted by Crippen LogP contribution is 2.35. The maximum atomic E-state index is 13.2. The Hall–Kier alpha value is -4.61. The molecule has 0 unspecified atom stereocenters. The Morgan fingerprint density at radius 1 is 1.02 bits per heavy atom. The number of anilines is 3. The molecule has 2 heterocycles. The summed E-state index contributed by atoms with van der Waals surface area (Å²) in [7, 11) is 3.03. The van der Waals surface area contributed by atoms with Gasteiger partial charge in [0.2, 0.25) is 11.6 Å². The lowest BCUT2D eigenvalue weighted by atomic mass is 10.1. The van der Waals surface area contributed by atoms with Crippen LogP contribution in [-0.4, -0.2) is 58.7 Å². The number of carbonyl (C=O) groups is 2. The van der Waals surface area contributed by atoms with Gasteiger partial charge in [-0.3, -0.25) is 14.0 Å². The fourth-order valence-electron chi connectivity index (χ4n) is 4.36. The zero-order valence-corrected chi connectivity index (χ0v) is 23.5. The average molecular weight is 549 g/mol. The Bertz CT molecular complexity index is 1530. The first-order chi connectivity index (χ1) is 19.2. The second-order valence-corrected chi connectivity index (χ2v) is 9.90. The van der Waals surface area contributed by atoms with Crippen LogP contribution in [0.1, 0.15) is 49.3 Å². The molecule has 0 aliphatic heterocycles. The molecule has 12 nitrogen and oxygen atoms in total. The summed E-state index contributed by atoms with van der Waals surface area (Å²) >= 11 is 0. The Balaban J connectivity index is 1.51. The Morgan fingerprint density at radius 3 is 2.48 bits per heavy atom. The molecular formula is C28H36N8O4. The number of nitrogens with two attached hydrogens (primary N) is 1. The number of unbranched alkanes of at least 4 members (excludes halogenated alkanes) is 1. The first kappa shape index (κ1) is 28.4. The maximum Gasteiger partial charge on any atom is 0.255 e. The lowest BCUT2D eigenvalue weighted by molar-refractivity contribution is -0.121. The first-order valence-corrected chi connectivity index (χ1v) is 13.2. The quantitative estimate of drug-likeness (QED) is 0.153. The van der Waals surface area contributed by atoms with Crippen LogP contribution in [0.15, 0.2) is 30.3 Å². The molecule has 4 rings (SSSR count). The molecule has 0 aliphatic rings. The molecule has 2 aromatic heterocycles. The lowest BCUT2D eigenvalue weighted by Gasteiger charge is -2.14. The molecule has 0 aliphatic carbocycles. The van der Waals surface area contributed by atoms with E-state index in [1.54, 1.807) is 24.3 Å². The van der Waals surface area contributed by atoms with Crippen molar-refractivity contribution in [2.75, 3.05) is 43.7 Å². The summed E-state index contributed by atoms with van der Waals surface area (Å²) in [6.45, 7) is 7.18. The summed E-state index contributed by atoms with van der Waals surface area (Å²) in [5.74, 6) is 2.26. The largest absolute Gasteiger partial charge is 0.493 e. The summed E-state index contributed by atoms with van der Waals surface area (Å²) < 4.78 is 12.5. The van der Waals surface area contributed by atoms with Gasteiger partial charge in [-0.2, -0.15) is 0 Å². The van der Waals surface area contributed by atoms with Crippen molar-refractivity contribution in [2.45, 2.75) is 40.0 Å². The van der Waals surface area contributed by atoms with E-state index in [4.69, 9.17) is 20.2 Å². The van der Waals surface area contributed by atoms with Crippen molar-refractivity contribution in [1.29, 1.82) is 0 Å². The molecule has 0 radical (unpaired) electrons. The first-order valence-electron chi connectivity index (χ1n) is 13.2. The van der Waals surface area contributed by atoms with Crippen LogP contribution >= 0.6 is 0 Å². The number of rotatable bonds is 12. The minimum absolute atomic E-state index is 0.0773. The number of nitrogens with zero attached hydrogens (tertiary/aromatic N) is 4. The molecule has 212 valence electrons. The number of aryl methyl sites for hydroxylation is 1. The molecule has 0 saturated carbocycles. The SMILES string of the molecule is COc1cc(N)c(NC(=O)c2ccc3c(c2)nc(NCCCCNC(=O)CC(C)C)c2nnc(C)n23)cc1OC. The van der Waals surface area contributed by atoms with E-state index in [1.807, 2.05) is 31.2 Å². The third-order valence-corrected chi connectivity index (χ3v) is 6.36. The highest BCUT2D eigenvalue weighted by molar-refractivity contribution is 6.07. The Labute approximate surface area is 232 Å². The number of hydrogen-bond acceptors (Lipinski definition) is 9.